The van der Waals surface area contributed by atoms with Crippen molar-refractivity contribution in [2.24, 2.45) is 0 Å². The highest BCUT2D eigenvalue weighted by Gasteiger charge is 2.24. The van der Waals surface area contributed by atoms with Gasteiger partial charge in [0, 0.05) is 32.3 Å². The van der Waals surface area contributed by atoms with Gasteiger partial charge in [0.15, 0.2) is 0 Å². The fraction of sp³-hybridized carbons (Fsp3) is 0.909. The minimum absolute atomic E-state index is 0.0580. The normalized spacial score (nSPS) is 20.2. The molecule has 1 fully saturated rings. The van der Waals surface area contributed by atoms with Gasteiger partial charge < -0.3 is 20.3 Å². The van der Waals surface area contributed by atoms with Gasteiger partial charge in [0.2, 0.25) is 0 Å². The molecular weight excluding hydrogens is 206 g/mol. The van der Waals surface area contributed by atoms with Gasteiger partial charge in [-0.2, -0.15) is 0 Å². The second-order valence-electron chi connectivity index (χ2n) is 4.22. The third-order valence-corrected chi connectivity index (χ3v) is 2.58. The van der Waals surface area contributed by atoms with Crippen LogP contribution in [0.25, 0.3) is 0 Å². The molecule has 0 aromatic rings. The molecular formula is C11H23N3O2. The average Bonchev–Trinajstić information content (AvgIpc) is 2.56. The SMILES string of the molecule is CNCCCOCCCN1CC(C)NC1=O. The van der Waals surface area contributed by atoms with E-state index < -0.39 is 0 Å². The van der Waals surface area contributed by atoms with E-state index in [-0.39, 0.29) is 12.1 Å². The van der Waals surface area contributed by atoms with Crippen LogP contribution in [0.3, 0.4) is 0 Å². The van der Waals surface area contributed by atoms with Gasteiger partial charge in [-0.15, -0.1) is 0 Å². The Morgan fingerprint density at radius 1 is 1.50 bits per heavy atom. The van der Waals surface area contributed by atoms with E-state index >= 15 is 0 Å². The highest BCUT2D eigenvalue weighted by molar-refractivity contribution is 5.76. The van der Waals surface area contributed by atoms with Gasteiger partial charge in [-0.25, -0.2) is 4.79 Å². The number of urea groups is 1. The fourth-order valence-corrected chi connectivity index (χ4v) is 1.76. The molecule has 2 N–H and O–H groups in total. The number of carbonyl (C=O) groups excluding carboxylic acids is 1. The van der Waals surface area contributed by atoms with E-state index in [0.29, 0.717) is 0 Å². The molecule has 1 saturated heterocycles. The molecule has 0 saturated carbocycles. The van der Waals surface area contributed by atoms with Crippen LogP contribution in [0.15, 0.2) is 0 Å². The number of hydrogen-bond donors (Lipinski definition) is 2. The zero-order chi connectivity index (χ0) is 11.8. The lowest BCUT2D eigenvalue weighted by Gasteiger charge is -2.13. The minimum Gasteiger partial charge on any atom is -0.381 e. The smallest absolute Gasteiger partial charge is 0.317 e. The van der Waals surface area contributed by atoms with Gasteiger partial charge >= 0.3 is 6.03 Å². The van der Waals surface area contributed by atoms with Crippen molar-refractivity contribution >= 4 is 6.03 Å². The minimum atomic E-state index is 0.0580. The number of amides is 2. The average molecular weight is 229 g/mol. The number of nitrogens with one attached hydrogen (secondary N) is 2. The van der Waals surface area contributed by atoms with E-state index in [4.69, 9.17) is 4.74 Å². The van der Waals surface area contributed by atoms with Crippen molar-refractivity contribution in [3.63, 3.8) is 0 Å². The molecule has 2 amide bonds. The maximum Gasteiger partial charge on any atom is 0.317 e. The predicted molar refractivity (Wildman–Crippen MR) is 63.5 cm³/mol. The Balaban J connectivity index is 1.93. The first-order valence-electron chi connectivity index (χ1n) is 6.02. The Hall–Kier alpha value is -0.810. The fourth-order valence-electron chi connectivity index (χ4n) is 1.76. The molecule has 5 nitrogen and oxygen atoms in total. The molecule has 0 spiro atoms. The van der Waals surface area contributed by atoms with Crippen LogP contribution in [0, 0.1) is 0 Å². The summed E-state index contributed by atoms with van der Waals surface area (Å²) in [6.45, 7) is 6.16. The molecule has 0 aromatic carbocycles. The summed E-state index contributed by atoms with van der Waals surface area (Å²) in [6.07, 6.45) is 1.96. The van der Waals surface area contributed by atoms with Gasteiger partial charge in [-0.1, -0.05) is 0 Å². The summed E-state index contributed by atoms with van der Waals surface area (Å²) >= 11 is 0. The molecule has 1 unspecified atom stereocenters. The Bertz CT molecular complexity index is 211. The second kappa shape index (κ2) is 7.46. The molecule has 5 heteroatoms. The first-order chi connectivity index (χ1) is 7.74. The summed E-state index contributed by atoms with van der Waals surface area (Å²) in [5.74, 6) is 0. The van der Waals surface area contributed by atoms with E-state index in [0.717, 1.165) is 45.7 Å². The van der Waals surface area contributed by atoms with Crippen LogP contribution in [0.1, 0.15) is 19.8 Å². The van der Waals surface area contributed by atoms with Crippen LogP contribution < -0.4 is 10.6 Å². The molecule has 0 bridgehead atoms. The first kappa shape index (κ1) is 13.3. The Morgan fingerprint density at radius 3 is 2.88 bits per heavy atom. The lowest BCUT2D eigenvalue weighted by atomic mass is 10.3. The highest BCUT2D eigenvalue weighted by atomic mass is 16.5. The van der Waals surface area contributed by atoms with E-state index in [9.17, 15) is 4.79 Å². The lowest BCUT2D eigenvalue weighted by molar-refractivity contribution is 0.123. The summed E-state index contributed by atoms with van der Waals surface area (Å²) < 4.78 is 5.46. The topological polar surface area (TPSA) is 53.6 Å². The van der Waals surface area contributed by atoms with Gasteiger partial charge in [0.25, 0.3) is 0 Å². The molecule has 0 aromatic heterocycles. The quantitative estimate of drug-likeness (QED) is 0.593. The van der Waals surface area contributed by atoms with Gasteiger partial charge in [-0.05, 0) is 33.4 Å². The van der Waals surface area contributed by atoms with E-state index in [1.807, 2.05) is 18.9 Å². The number of carbonyl (C=O) groups is 1. The molecule has 1 aliphatic rings. The van der Waals surface area contributed by atoms with Crippen molar-refractivity contribution in [1.29, 1.82) is 0 Å². The third-order valence-electron chi connectivity index (χ3n) is 2.58. The third kappa shape index (κ3) is 4.81. The van der Waals surface area contributed by atoms with E-state index in [1.54, 1.807) is 0 Å². The number of nitrogens with zero attached hydrogens (tertiary/aromatic N) is 1. The number of ether oxygens (including phenoxy) is 1. The standard InChI is InChI=1S/C11H23N3O2/c1-10-9-14(11(15)13-10)6-4-8-16-7-3-5-12-2/h10,12H,3-9H2,1-2H3,(H,13,15). The van der Waals surface area contributed by atoms with Crippen LogP contribution in [0.5, 0.6) is 0 Å². The van der Waals surface area contributed by atoms with Crippen LogP contribution in [0.4, 0.5) is 4.79 Å². The number of hydrogen-bond acceptors (Lipinski definition) is 3. The molecule has 1 aliphatic heterocycles. The molecule has 1 atom stereocenters. The Kier molecular flexibility index (Phi) is 6.18. The van der Waals surface area contributed by atoms with E-state index in [2.05, 4.69) is 10.6 Å². The van der Waals surface area contributed by atoms with Crippen LogP contribution in [0.2, 0.25) is 0 Å². The van der Waals surface area contributed by atoms with Crippen molar-refractivity contribution in [2.75, 3.05) is 39.9 Å². The van der Waals surface area contributed by atoms with Gasteiger partial charge in [0.05, 0.1) is 0 Å². The summed E-state index contributed by atoms with van der Waals surface area (Å²) in [5.41, 5.74) is 0. The Morgan fingerprint density at radius 2 is 2.25 bits per heavy atom. The largest absolute Gasteiger partial charge is 0.381 e. The van der Waals surface area contributed by atoms with E-state index in [1.165, 1.54) is 0 Å². The number of rotatable bonds is 8. The summed E-state index contributed by atoms with van der Waals surface area (Å²) in [7, 11) is 1.94. The maximum absolute atomic E-state index is 11.4. The summed E-state index contributed by atoms with van der Waals surface area (Å²) in [4.78, 5) is 13.2. The van der Waals surface area contributed by atoms with Gasteiger partial charge in [0.1, 0.15) is 0 Å². The lowest BCUT2D eigenvalue weighted by Crippen LogP contribution is -2.29. The zero-order valence-electron chi connectivity index (χ0n) is 10.3. The van der Waals surface area contributed by atoms with Crippen LogP contribution in [-0.4, -0.2) is 56.9 Å². The molecule has 1 heterocycles. The maximum atomic E-state index is 11.4. The molecule has 94 valence electrons. The van der Waals surface area contributed by atoms with Crippen LogP contribution in [-0.2, 0) is 4.74 Å². The first-order valence-corrected chi connectivity index (χ1v) is 6.02. The molecule has 16 heavy (non-hydrogen) atoms. The zero-order valence-corrected chi connectivity index (χ0v) is 10.3. The van der Waals surface area contributed by atoms with Crippen molar-refractivity contribution in [3.8, 4) is 0 Å². The monoisotopic (exact) mass is 229 g/mol. The summed E-state index contributed by atoms with van der Waals surface area (Å²) in [6, 6.07) is 0.340. The predicted octanol–water partition coefficient (Wildman–Crippen LogP) is 0.416. The Labute approximate surface area is 97.5 Å². The van der Waals surface area contributed by atoms with Crippen molar-refractivity contribution in [2.45, 2.75) is 25.8 Å². The molecule has 0 aliphatic carbocycles. The summed E-state index contributed by atoms with van der Waals surface area (Å²) in [5, 5.41) is 5.95. The second-order valence-corrected chi connectivity index (χ2v) is 4.22. The molecule has 0 radical (unpaired) electrons. The van der Waals surface area contributed by atoms with Crippen molar-refractivity contribution in [3.05, 3.63) is 0 Å². The van der Waals surface area contributed by atoms with Crippen molar-refractivity contribution < 1.29 is 9.53 Å². The highest BCUT2D eigenvalue weighted by Crippen LogP contribution is 2.03. The molecule has 1 rings (SSSR count). The van der Waals surface area contributed by atoms with Gasteiger partial charge in [-0.3, -0.25) is 0 Å². The van der Waals surface area contributed by atoms with Crippen molar-refractivity contribution in [1.82, 2.24) is 15.5 Å². The van der Waals surface area contributed by atoms with Crippen LogP contribution >= 0.6 is 0 Å².